The van der Waals surface area contributed by atoms with Crippen molar-refractivity contribution >= 4 is 11.7 Å². The van der Waals surface area contributed by atoms with Crippen LogP contribution in [0.4, 0.5) is 5.82 Å². The van der Waals surface area contributed by atoms with Gasteiger partial charge in [-0.15, -0.1) is 0 Å². The van der Waals surface area contributed by atoms with E-state index in [1.807, 2.05) is 0 Å². The Morgan fingerprint density at radius 2 is 2.18 bits per heavy atom. The summed E-state index contributed by atoms with van der Waals surface area (Å²) in [5.74, 6) is 1.18. The van der Waals surface area contributed by atoms with E-state index in [1.165, 1.54) is 23.4 Å². The van der Waals surface area contributed by atoms with E-state index in [2.05, 4.69) is 35.8 Å². The fraction of sp³-hybridized carbons (Fsp3) is 0.600. The summed E-state index contributed by atoms with van der Waals surface area (Å²) in [5, 5.41) is 7.85. The average Bonchev–Trinajstić information content (AvgIpc) is 3.39. The van der Waals surface area contributed by atoms with Crippen LogP contribution in [0.3, 0.4) is 0 Å². The number of carbonyl (C=O) groups excluding carboxylic acids is 1. The number of aromatic nitrogens is 4. The monoisotopic (exact) mass is 381 g/mol. The maximum absolute atomic E-state index is 11.3. The van der Waals surface area contributed by atoms with E-state index in [4.69, 9.17) is 5.10 Å². The number of carbonyl (C=O) groups is 1. The lowest BCUT2D eigenvalue weighted by Crippen LogP contribution is -2.35. The predicted octanol–water partition coefficient (Wildman–Crippen LogP) is 0.892. The number of hydrogen-bond donors (Lipinski definition) is 1. The van der Waals surface area contributed by atoms with Gasteiger partial charge in [-0.3, -0.25) is 14.4 Å². The fourth-order valence-corrected chi connectivity index (χ4v) is 4.81. The Bertz CT molecular complexity index is 893. The quantitative estimate of drug-likeness (QED) is 0.848. The summed E-state index contributed by atoms with van der Waals surface area (Å²) < 4.78 is 2.15. The Labute approximate surface area is 164 Å². The van der Waals surface area contributed by atoms with Crippen molar-refractivity contribution in [3.05, 3.63) is 35.0 Å². The van der Waals surface area contributed by atoms with E-state index in [1.54, 1.807) is 13.3 Å². The minimum Gasteiger partial charge on any atom is -0.352 e. The highest BCUT2D eigenvalue weighted by Gasteiger charge is 2.27. The molecule has 0 saturated carbocycles. The van der Waals surface area contributed by atoms with Gasteiger partial charge in [-0.05, 0) is 31.7 Å². The van der Waals surface area contributed by atoms with Gasteiger partial charge in [0.2, 0.25) is 5.91 Å². The molecule has 0 unspecified atom stereocenters. The first-order valence-corrected chi connectivity index (χ1v) is 10.3. The lowest BCUT2D eigenvalue weighted by atomic mass is 10.2. The topological polar surface area (TPSA) is 79.2 Å². The molecule has 2 aliphatic heterocycles. The summed E-state index contributed by atoms with van der Waals surface area (Å²) in [7, 11) is 0. The van der Waals surface area contributed by atoms with Gasteiger partial charge in [0.15, 0.2) is 0 Å². The number of amides is 1. The van der Waals surface area contributed by atoms with E-state index < -0.39 is 0 Å². The zero-order valence-electron chi connectivity index (χ0n) is 16.4. The Balaban J connectivity index is 1.26. The Morgan fingerprint density at radius 3 is 3.07 bits per heavy atom. The minimum absolute atomic E-state index is 0.0561. The summed E-state index contributed by atoms with van der Waals surface area (Å²) >= 11 is 0. The third-order valence-corrected chi connectivity index (χ3v) is 6.07. The van der Waals surface area contributed by atoms with Crippen LogP contribution >= 0.6 is 0 Å². The van der Waals surface area contributed by atoms with Gasteiger partial charge in [-0.25, -0.2) is 9.97 Å². The second-order valence-corrected chi connectivity index (χ2v) is 8.17. The third-order valence-electron chi connectivity index (χ3n) is 6.07. The normalized spacial score (nSPS) is 21.6. The number of rotatable bonds is 4. The molecule has 0 bridgehead atoms. The summed E-state index contributed by atoms with van der Waals surface area (Å²) in [4.78, 5) is 25.1. The van der Waals surface area contributed by atoms with Gasteiger partial charge in [-0.2, -0.15) is 5.10 Å². The predicted molar refractivity (Wildman–Crippen MR) is 105 cm³/mol. The maximum atomic E-state index is 11.3. The molecular formula is C20H27N7O. The summed E-state index contributed by atoms with van der Waals surface area (Å²) in [5.41, 5.74) is 4.95. The Kier molecular flexibility index (Phi) is 4.50. The molecule has 8 nitrogen and oxygen atoms in total. The highest BCUT2D eigenvalue weighted by atomic mass is 16.1. The molecule has 1 N–H and O–H groups in total. The van der Waals surface area contributed by atoms with Crippen LogP contribution in [0.5, 0.6) is 0 Å². The second-order valence-electron chi connectivity index (χ2n) is 8.17. The van der Waals surface area contributed by atoms with E-state index in [-0.39, 0.29) is 11.9 Å². The highest BCUT2D eigenvalue weighted by molar-refractivity contribution is 5.73. The number of likely N-dealkylation sites (tertiary alicyclic amines) is 1. The largest absolute Gasteiger partial charge is 0.352 e. The van der Waals surface area contributed by atoms with Gasteiger partial charge >= 0.3 is 0 Å². The molecule has 28 heavy (non-hydrogen) atoms. The van der Waals surface area contributed by atoms with Crippen LogP contribution in [0.1, 0.15) is 42.4 Å². The molecular weight excluding hydrogens is 354 g/mol. The molecule has 1 amide bonds. The molecule has 0 aromatic carbocycles. The Morgan fingerprint density at radius 1 is 1.25 bits per heavy atom. The average molecular weight is 381 g/mol. The number of anilines is 1. The second kappa shape index (κ2) is 7.16. The van der Waals surface area contributed by atoms with E-state index in [0.717, 1.165) is 70.0 Å². The van der Waals surface area contributed by atoms with Crippen LogP contribution in [0.2, 0.25) is 0 Å². The SMILES string of the molecule is CC(=O)N[C@@H]1CCN(Cc2cc3n(n2)CCN(c2ncnc4c2CCC4)C3)C1. The van der Waals surface area contributed by atoms with Gasteiger partial charge in [0, 0.05) is 50.4 Å². The van der Waals surface area contributed by atoms with Crippen LogP contribution in [0.15, 0.2) is 12.4 Å². The first-order valence-electron chi connectivity index (χ1n) is 10.3. The molecule has 1 fully saturated rings. The van der Waals surface area contributed by atoms with Crippen molar-refractivity contribution in [1.82, 2.24) is 30.0 Å². The van der Waals surface area contributed by atoms with Gasteiger partial charge in [0.05, 0.1) is 24.5 Å². The van der Waals surface area contributed by atoms with Crippen LogP contribution in [0.25, 0.3) is 0 Å². The van der Waals surface area contributed by atoms with E-state index in [9.17, 15) is 4.79 Å². The molecule has 1 atom stereocenters. The lowest BCUT2D eigenvalue weighted by Gasteiger charge is -2.29. The molecule has 0 radical (unpaired) electrons. The number of fused-ring (bicyclic) bond motifs is 2. The molecule has 148 valence electrons. The summed E-state index contributed by atoms with van der Waals surface area (Å²) in [6.45, 7) is 7.02. The van der Waals surface area contributed by atoms with Gasteiger partial charge in [0.1, 0.15) is 12.1 Å². The Hall–Kier alpha value is -2.48. The molecule has 5 rings (SSSR count). The molecule has 3 aliphatic rings. The lowest BCUT2D eigenvalue weighted by molar-refractivity contribution is -0.119. The molecule has 1 saturated heterocycles. The molecule has 2 aromatic heterocycles. The number of nitrogens with one attached hydrogen (secondary N) is 1. The number of nitrogens with zero attached hydrogens (tertiary/aromatic N) is 6. The number of aryl methyl sites for hydroxylation is 1. The van der Waals surface area contributed by atoms with E-state index >= 15 is 0 Å². The first kappa shape index (κ1) is 17.6. The smallest absolute Gasteiger partial charge is 0.217 e. The van der Waals surface area contributed by atoms with Crippen LogP contribution in [-0.2, 0) is 37.3 Å². The summed E-state index contributed by atoms with van der Waals surface area (Å²) in [6, 6.07) is 2.50. The molecule has 0 spiro atoms. The standard InChI is InChI=1S/C20H27N7O/c1-14(28)23-15-5-6-25(10-15)11-16-9-17-12-26(7-8-27(17)24-16)20-18-3-2-4-19(18)21-13-22-20/h9,13,15H,2-8,10-12H2,1H3,(H,23,28)/t15-/m1/s1. The fourth-order valence-electron chi connectivity index (χ4n) is 4.81. The van der Waals surface area contributed by atoms with E-state index in [0.29, 0.717) is 0 Å². The van der Waals surface area contributed by atoms with Crippen LogP contribution < -0.4 is 10.2 Å². The molecule has 8 heteroatoms. The maximum Gasteiger partial charge on any atom is 0.217 e. The van der Waals surface area contributed by atoms with Crippen LogP contribution in [-0.4, -0.2) is 56.2 Å². The molecule has 2 aromatic rings. The molecule has 4 heterocycles. The summed E-state index contributed by atoms with van der Waals surface area (Å²) in [6.07, 6.45) is 6.09. The molecule has 1 aliphatic carbocycles. The van der Waals surface area contributed by atoms with Crippen molar-refractivity contribution in [3.63, 3.8) is 0 Å². The zero-order chi connectivity index (χ0) is 19.1. The minimum atomic E-state index is 0.0561. The van der Waals surface area contributed by atoms with Gasteiger partial charge in [-0.1, -0.05) is 0 Å². The number of hydrogen-bond acceptors (Lipinski definition) is 6. The zero-order valence-corrected chi connectivity index (χ0v) is 16.4. The van der Waals surface area contributed by atoms with Crippen molar-refractivity contribution in [2.45, 2.75) is 58.3 Å². The van der Waals surface area contributed by atoms with Gasteiger partial charge in [0.25, 0.3) is 0 Å². The van der Waals surface area contributed by atoms with Crippen molar-refractivity contribution in [1.29, 1.82) is 0 Å². The van der Waals surface area contributed by atoms with Crippen molar-refractivity contribution in [3.8, 4) is 0 Å². The van der Waals surface area contributed by atoms with Crippen molar-refractivity contribution in [2.75, 3.05) is 24.5 Å². The highest BCUT2D eigenvalue weighted by Crippen LogP contribution is 2.30. The third kappa shape index (κ3) is 3.37. The van der Waals surface area contributed by atoms with Crippen molar-refractivity contribution in [2.24, 2.45) is 0 Å². The van der Waals surface area contributed by atoms with Crippen LogP contribution in [0, 0.1) is 0 Å². The van der Waals surface area contributed by atoms with Crippen molar-refractivity contribution < 1.29 is 4.79 Å². The first-order chi connectivity index (χ1) is 13.7. The van der Waals surface area contributed by atoms with Gasteiger partial charge < -0.3 is 10.2 Å².